The van der Waals surface area contributed by atoms with Gasteiger partial charge in [0.1, 0.15) is 0 Å². The predicted octanol–water partition coefficient (Wildman–Crippen LogP) is 1.33. The smallest absolute Gasteiger partial charge is 0.0745 e. The fourth-order valence-electron chi connectivity index (χ4n) is 1.12. The van der Waals surface area contributed by atoms with Crippen molar-refractivity contribution in [2.45, 2.75) is 31.9 Å². The molecule has 2 nitrogen and oxygen atoms in total. The third kappa shape index (κ3) is 3.17. The van der Waals surface area contributed by atoms with E-state index < -0.39 is 5.60 Å². The Balaban J connectivity index is 2.61. The number of hydrogen-bond donors (Lipinski definition) is 2. The molecule has 0 bridgehead atoms. The van der Waals surface area contributed by atoms with Crippen LogP contribution in [0.1, 0.15) is 19.4 Å². The Labute approximate surface area is 79.4 Å². The van der Waals surface area contributed by atoms with Crippen LogP contribution in [0.2, 0.25) is 0 Å². The second kappa shape index (κ2) is 3.90. The van der Waals surface area contributed by atoms with Crippen LogP contribution in [-0.4, -0.2) is 16.7 Å². The van der Waals surface area contributed by atoms with Crippen molar-refractivity contribution >= 4 is 0 Å². The molecule has 1 aromatic carbocycles. The van der Waals surface area contributed by atoms with Crippen LogP contribution < -0.4 is 5.73 Å². The van der Waals surface area contributed by atoms with Crippen LogP contribution in [0.25, 0.3) is 0 Å². The molecule has 0 aliphatic carbocycles. The Hall–Kier alpha value is -0.860. The summed E-state index contributed by atoms with van der Waals surface area (Å²) in [5.74, 6) is 0. The zero-order chi connectivity index (χ0) is 9.90. The van der Waals surface area contributed by atoms with Gasteiger partial charge < -0.3 is 10.8 Å². The summed E-state index contributed by atoms with van der Waals surface area (Å²) >= 11 is 0. The molecule has 0 heterocycles. The molecule has 1 rings (SSSR count). The van der Waals surface area contributed by atoms with Crippen molar-refractivity contribution < 1.29 is 5.11 Å². The van der Waals surface area contributed by atoms with E-state index in [4.69, 9.17) is 5.73 Å². The van der Waals surface area contributed by atoms with Gasteiger partial charge in [-0.1, -0.05) is 30.3 Å². The van der Waals surface area contributed by atoms with Crippen LogP contribution in [0.5, 0.6) is 0 Å². The van der Waals surface area contributed by atoms with Crippen LogP contribution in [0.15, 0.2) is 30.3 Å². The van der Waals surface area contributed by atoms with Crippen molar-refractivity contribution in [3.63, 3.8) is 0 Å². The van der Waals surface area contributed by atoms with Gasteiger partial charge in [0.15, 0.2) is 0 Å². The molecular formula is C11H17NO. The minimum Gasteiger partial charge on any atom is -0.389 e. The first kappa shape index (κ1) is 10.2. The maximum Gasteiger partial charge on any atom is 0.0745 e. The fraction of sp³-hybridized carbons (Fsp3) is 0.455. The average Bonchev–Trinajstić information content (AvgIpc) is 2.04. The van der Waals surface area contributed by atoms with Gasteiger partial charge in [-0.15, -0.1) is 0 Å². The van der Waals surface area contributed by atoms with E-state index in [1.807, 2.05) is 30.3 Å². The normalized spacial score (nSPS) is 14.2. The van der Waals surface area contributed by atoms with Gasteiger partial charge in [0.05, 0.1) is 5.60 Å². The first-order valence-corrected chi connectivity index (χ1v) is 4.52. The Morgan fingerprint density at radius 3 is 2.31 bits per heavy atom. The number of rotatable bonds is 3. The summed E-state index contributed by atoms with van der Waals surface area (Å²) in [5, 5.41) is 9.62. The first-order chi connectivity index (χ1) is 6.00. The van der Waals surface area contributed by atoms with Gasteiger partial charge in [0, 0.05) is 6.04 Å². The number of aliphatic hydroxyl groups is 1. The molecule has 0 saturated carbocycles. The van der Waals surface area contributed by atoms with Crippen LogP contribution in [0.4, 0.5) is 0 Å². The van der Waals surface area contributed by atoms with Crippen LogP contribution >= 0.6 is 0 Å². The Kier molecular flexibility index (Phi) is 3.07. The minimum absolute atomic E-state index is 0.213. The van der Waals surface area contributed by atoms with Crippen molar-refractivity contribution in [1.82, 2.24) is 0 Å². The topological polar surface area (TPSA) is 46.2 Å². The zero-order valence-electron chi connectivity index (χ0n) is 8.20. The molecule has 0 aliphatic heterocycles. The largest absolute Gasteiger partial charge is 0.389 e. The maximum atomic E-state index is 9.62. The third-order valence-corrected chi connectivity index (χ3v) is 2.21. The van der Waals surface area contributed by atoms with Gasteiger partial charge in [-0.2, -0.15) is 0 Å². The number of hydrogen-bond acceptors (Lipinski definition) is 2. The molecule has 2 heteroatoms. The molecule has 0 radical (unpaired) electrons. The summed E-state index contributed by atoms with van der Waals surface area (Å²) in [6.07, 6.45) is 0.713. The molecule has 72 valence electrons. The van der Waals surface area contributed by atoms with Gasteiger partial charge in [-0.25, -0.2) is 0 Å². The molecule has 0 amide bonds. The molecule has 0 aliphatic rings. The molecule has 1 atom stereocenters. The third-order valence-electron chi connectivity index (χ3n) is 2.21. The Bertz CT molecular complexity index is 251. The molecular weight excluding hydrogens is 162 g/mol. The summed E-state index contributed by atoms with van der Waals surface area (Å²) < 4.78 is 0. The van der Waals surface area contributed by atoms with Crippen molar-refractivity contribution in [2.75, 3.05) is 0 Å². The van der Waals surface area contributed by atoms with Crippen molar-refractivity contribution in [3.05, 3.63) is 35.9 Å². The van der Waals surface area contributed by atoms with E-state index in [0.717, 1.165) is 5.56 Å². The quantitative estimate of drug-likeness (QED) is 0.735. The predicted molar refractivity (Wildman–Crippen MR) is 54.4 cm³/mol. The van der Waals surface area contributed by atoms with E-state index in [1.54, 1.807) is 13.8 Å². The van der Waals surface area contributed by atoms with E-state index in [-0.39, 0.29) is 6.04 Å². The Morgan fingerprint density at radius 1 is 1.31 bits per heavy atom. The number of nitrogens with two attached hydrogens (primary N) is 1. The molecule has 1 aromatic rings. The highest BCUT2D eigenvalue weighted by atomic mass is 16.3. The lowest BCUT2D eigenvalue weighted by Gasteiger charge is -2.25. The summed E-state index contributed by atoms with van der Waals surface area (Å²) in [5.41, 5.74) is 6.19. The molecule has 0 spiro atoms. The van der Waals surface area contributed by atoms with Crippen LogP contribution in [-0.2, 0) is 6.42 Å². The fourth-order valence-corrected chi connectivity index (χ4v) is 1.12. The summed E-state index contributed by atoms with van der Waals surface area (Å²) in [6, 6.07) is 9.75. The van der Waals surface area contributed by atoms with Gasteiger partial charge in [0.25, 0.3) is 0 Å². The van der Waals surface area contributed by atoms with Crippen molar-refractivity contribution in [2.24, 2.45) is 5.73 Å². The second-order valence-corrected chi connectivity index (χ2v) is 3.95. The lowest BCUT2D eigenvalue weighted by atomic mass is 9.93. The van der Waals surface area contributed by atoms with Crippen molar-refractivity contribution in [1.29, 1.82) is 0 Å². The Morgan fingerprint density at radius 2 is 1.85 bits per heavy atom. The highest BCUT2D eigenvalue weighted by Crippen LogP contribution is 2.11. The van der Waals surface area contributed by atoms with Crippen LogP contribution in [0.3, 0.4) is 0 Å². The molecule has 1 unspecified atom stereocenters. The molecule has 0 fully saturated rings. The second-order valence-electron chi connectivity index (χ2n) is 3.95. The van der Waals surface area contributed by atoms with Crippen molar-refractivity contribution in [3.8, 4) is 0 Å². The van der Waals surface area contributed by atoms with Gasteiger partial charge in [-0.3, -0.25) is 0 Å². The summed E-state index contributed by atoms with van der Waals surface area (Å²) in [4.78, 5) is 0. The number of benzene rings is 1. The summed E-state index contributed by atoms with van der Waals surface area (Å²) in [7, 11) is 0. The maximum absolute atomic E-state index is 9.62. The van der Waals surface area contributed by atoms with Gasteiger partial charge in [0.2, 0.25) is 0 Å². The van der Waals surface area contributed by atoms with Gasteiger partial charge in [-0.05, 0) is 25.8 Å². The molecule has 13 heavy (non-hydrogen) atoms. The summed E-state index contributed by atoms with van der Waals surface area (Å²) in [6.45, 7) is 3.47. The minimum atomic E-state index is -0.810. The average molecular weight is 179 g/mol. The highest BCUT2D eigenvalue weighted by molar-refractivity contribution is 5.16. The lowest BCUT2D eigenvalue weighted by Crippen LogP contribution is -2.44. The van der Waals surface area contributed by atoms with E-state index in [0.29, 0.717) is 6.42 Å². The molecule has 0 aromatic heterocycles. The first-order valence-electron chi connectivity index (χ1n) is 4.52. The lowest BCUT2D eigenvalue weighted by molar-refractivity contribution is 0.0521. The SMILES string of the molecule is CC(C)(O)C(N)Cc1ccccc1. The monoisotopic (exact) mass is 179 g/mol. The highest BCUT2D eigenvalue weighted by Gasteiger charge is 2.22. The standard InChI is InChI=1S/C11H17NO/c1-11(2,13)10(12)8-9-6-4-3-5-7-9/h3-7,10,13H,8,12H2,1-2H3. The molecule has 3 N–H and O–H groups in total. The van der Waals surface area contributed by atoms with E-state index in [1.165, 1.54) is 0 Å². The van der Waals surface area contributed by atoms with E-state index in [2.05, 4.69) is 0 Å². The van der Waals surface area contributed by atoms with E-state index >= 15 is 0 Å². The van der Waals surface area contributed by atoms with Gasteiger partial charge >= 0.3 is 0 Å². The molecule has 0 saturated heterocycles. The van der Waals surface area contributed by atoms with Crippen LogP contribution in [0, 0.1) is 0 Å². The zero-order valence-corrected chi connectivity index (χ0v) is 8.20. The van der Waals surface area contributed by atoms with E-state index in [9.17, 15) is 5.11 Å².